The normalized spacial score (nSPS) is 16.8. The van der Waals surface area contributed by atoms with Crippen molar-refractivity contribution >= 4 is 46.9 Å². The van der Waals surface area contributed by atoms with E-state index in [2.05, 4.69) is 36.6 Å². The van der Waals surface area contributed by atoms with Crippen molar-refractivity contribution in [2.45, 2.75) is 12.8 Å². The van der Waals surface area contributed by atoms with E-state index in [1.165, 1.54) is 0 Å². The Labute approximate surface area is 223 Å². The molecular weight excluding hydrogens is 496 g/mol. The molecule has 0 radical (unpaired) electrons. The van der Waals surface area contributed by atoms with Crippen molar-refractivity contribution in [1.82, 2.24) is 29.9 Å². The van der Waals surface area contributed by atoms with E-state index in [0.717, 1.165) is 31.0 Å². The van der Waals surface area contributed by atoms with Crippen molar-refractivity contribution in [1.29, 1.82) is 5.26 Å². The number of aromatic nitrogens is 5. The van der Waals surface area contributed by atoms with Gasteiger partial charge in [0.15, 0.2) is 5.65 Å². The van der Waals surface area contributed by atoms with Crippen LogP contribution >= 0.6 is 0 Å². The Morgan fingerprint density at radius 1 is 0.974 bits per heavy atom. The Morgan fingerprint density at radius 3 is 2.54 bits per heavy atom. The summed E-state index contributed by atoms with van der Waals surface area (Å²) in [5.74, 6) is 1.11. The number of para-hydroxylation sites is 1. The first-order valence-corrected chi connectivity index (χ1v) is 12.6. The molecule has 6 rings (SSSR count). The van der Waals surface area contributed by atoms with Gasteiger partial charge in [-0.25, -0.2) is 4.98 Å². The van der Waals surface area contributed by atoms with Crippen molar-refractivity contribution in [2.75, 3.05) is 41.3 Å². The van der Waals surface area contributed by atoms with Gasteiger partial charge in [0.2, 0.25) is 17.8 Å². The molecule has 194 valence electrons. The summed E-state index contributed by atoms with van der Waals surface area (Å²) in [6.45, 7) is 2.90. The van der Waals surface area contributed by atoms with E-state index in [1.807, 2.05) is 36.4 Å². The van der Waals surface area contributed by atoms with E-state index >= 15 is 0 Å². The largest absolute Gasteiger partial charge is 0.355 e. The van der Waals surface area contributed by atoms with Gasteiger partial charge in [0.25, 0.3) is 5.91 Å². The highest BCUT2D eigenvalue weighted by Crippen LogP contribution is 2.25. The Balaban J connectivity index is 1.34. The summed E-state index contributed by atoms with van der Waals surface area (Å²) in [4.78, 5) is 42.3. The number of fused-ring (bicyclic) bond motifs is 1. The smallest absolute Gasteiger partial charge is 0.254 e. The number of hydrogen-bond donors (Lipinski definition) is 2. The number of carbonyl (C=O) groups is 2. The van der Waals surface area contributed by atoms with Gasteiger partial charge in [0.05, 0.1) is 18.2 Å². The highest BCUT2D eigenvalue weighted by atomic mass is 16.2. The Morgan fingerprint density at radius 2 is 1.79 bits per heavy atom. The molecular formula is C27H24N10O2. The van der Waals surface area contributed by atoms with E-state index in [0.29, 0.717) is 47.3 Å². The molecule has 0 aliphatic carbocycles. The number of amides is 2. The standard InChI is InChI=1S/C27H24N10O2/c28-15-18-7-8-22(29-16-18)35-9-4-10-36(12-11-35)26-33-24-20(13-19-14-23(38)32-25(19)39)17-30-37(24)27(34-26)31-21-5-2-1-3-6-21/h1-3,5-8,13,16-17H,4,9-12,14H2,(H,31,33,34)(H,32,38,39)/b19-13+. The summed E-state index contributed by atoms with van der Waals surface area (Å²) in [6, 6.07) is 15.4. The summed E-state index contributed by atoms with van der Waals surface area (Å²) < 4.78 is 1.60. The number of rotatable bonds is 5. The number of pyridine rings is 1. The number of nitrogens with one attached hydrogen (secondary N) is 2. The van der Waals surface area contributed by atoms with Crippen LogP contribution in [0.5, 0.6) is 0 Å². The first-order chi connectivity index (χ1) is 19.1. The van der Waals surface area contributed by atoms with Crippen LogP contribution in [0.3, 0.4) is 0 Å². The van der Waals surface area contributed by atoms with E-state index in [4.69, 9.17) is 15.2 Å². The fourth-order valence-electron chi connectivity index (χ4n) is 4.65. The van der Waals surface area contributed by atoms with Crippen molar-refractivity contribution in [3.63, 3.8) is 0 Å². The SMILES string of the molecule is N#Cc1ccc(N2CCCN(c3nc(Nc4ccccc4)n4ncc(/C=C5\CC(=O)NC5=O)c4n3)CC2)nc1. The summed E-state index contributed by atoms with van der Waals surface area (Å²) in [7, 11) is 0. The van der Waals surface area contributed by atoms with Crippen molar-refractivity contribution in [3.05, 3.63) is 71.6 Å². The molecule has 2 aliphatic rings. The van der Waals surface area contributed by atoms with Gasteiger partial charge in [-0.1, -0.05) is 18.2 Å². The molecule has 5 heterocycles. The number of anilines is 4. The second-order valence-corrected chi connectivity index (χ2v) is 9.24. The molecule has 2 N–H and O–H groups in total. The van der Waals surface area contributed by atoms with Gasteiger partial charge in [-0.05, 0) is 36.8 Å². The van der Waals surface area contributed by atoms with Gasteiger partial charge in [-0.15, -0.1) is 0 Å². The molecule has 3 aromatic heterocycles. The number of imide groups is 1. The van der Waals surface area contributed by atoms with Crippen LogP contribution in [0.1, 0.15) is 24.0 Å². The zero-order valence-electron chi connectivity index (χ0n) is 20.9. The first kappa shape index (κ1) is 24.1. The molecule has 39 heavy (non-hydrogen) atoms. The van der Waals surface area contributed by atoms with E-state index in [-0.39, 0.29) is 12.3 Å². The molecule has 2 fully saturated rings. The van der Waals surface area contributed by atoms with E-state index < -0.39 is 5.91 Å². The van der Waals surface area contributed by atoms with Crippen LogP contribution in [0, 0.1) is 11.3 Å². The predicted octanol–water partition coefficient (Wildman–Crippen LogP) is 2.28. The Hall–Kier alpha value is -5.31. The van der Waals surface area contributed by atoms with Crippen LogP contribution in [0.25, 0.3) is 11.7 Å². The third-order valence-electron chi connectivity index (χ3n) is 6.62. The molecule has 0 saturated carbocycles. The number of hydrogen-bond acceptors (Lipinski definition) is 10. The maximum absolute atomic E-state index is 12.2. The van der Waals surface area contributed by atoms with Crippen molar-refractivity contribution in [2.24, 2.45) is 0 Å². The van der Waals surface area contributed by atoms with Crippen LogP contribution in [0.15, 0.2) is 60.4 Å². The third-order valence-corrected chi connectivity index (χ3v) is 6.62. The maximum Gasteiger partial charge on any atom is 0.254 e. The number of nitriles is 1. The molecule has 12 heteroatoms. The number of carbonyl (C=O) groups excluding carboxylic acids is 2. The molecule has 4 aromatic rings. The second-order valence-electron chi connectivity index (χ2n) is 9.24. The Bertz CT molecular complexity index is 1620. The average molecular weight is 521 g/mol. The van der Waals surface area contributed by atoms with Gasteiger partial charge in [-0.2, -0.15) is 24.8 Å². The van der Waals surface area contributed by atoms with Crippen LogP contribution in [-0.2, 0) is 9.59 Å². The number of benzene rings is 1. The molecule has 12 nitrogen and oxygen atoms in total. The highest BCUT2D eigenvalue weighted by Gasteiger charge is 2.25. The minimum Gasteiger partial charge on any atom is -0.355 e. The lowest BCUT2D eigenvalue weighted by molar-refractivity contribution is -0.124. The molecule has 0 bridgehead atoms. The minimum atomic E-state index is -0.403. The summed E-state index contributed by atoms with van der Waals surface area (Å²) in [5, 5.41) is 19.2. The van der Waals surface area contributed by atoms with Gasteiger partial charge >= 0.3 is 0 Å². The summed E-state index contributed by atoms with van der Waals surface area (Å²) >= 11 is 0. The van der Waals surface area contributed by atoms with Crippen LogP contribution < -0.4 is 20.4 Å². The third kappa shape index (κ3) is 4.97. The number of nitrogens with zero attached hydrogens (tertiary/aromatic N) is 8. The lowest BCUT2D eigenvalue weighted by Gasteiger charge is -2.23. The molecule has 1 aromatic carbocycles. The topological polar surface area (TPSA) is 144 Å². The summed E-state index contributed by atoms with van der Waals surface area (Å²) in [5.41, 5.74) is 2.88. The fraction of sp³-hybridized carbons (Fsp3) is 0.222. The zero-order chi connectivity index (χ0) is 26.8. The zero-order valence-corrected chi connectivity index (χ0v) is 20.9. The molecule has 0 unspecified atom stereocenters. The highest BCUT2D eigenvalue weighted by molar-refractivity contribution is 6.15. The quantitative estimate of drug-likeness (QED) is 0.297. The summed E-state index contributed by atoms with van der Waals surface area (Å²) in [6.07, 6.45) is 5.75. The lowest BCUT2D eigenvalue weighted by Crippen LogP contribution is -2.32. The minimum absolute atomic E-state index is 0.0224. The predicted molar refractivity (Wildman–Crippen MR) is 144 cm³/mol. The van der Waals surface area contributed by atoms with Crippen LogP contribution in [0.4, 0.5) is 23.4 Å². The van der Waals surface area contributed by atoms with Crippen molar-refractivity contribution < 1.29 is 9.59 Å². The fourth-order valence-corrected chi connectivity index (χ4v) is 4.65. The Kier molecular flexibility index (Phi) is 6.30. The monoisotopic (exact) mass is 520 g/mol. The second kappa shape index (κ2) is 10.2. The molecule has 2 amide bonds. The average Bonchev–Trinajstić information content (AvgIpc) is 3.40. The molecule has 0 atom stereocenters. The van der Waals surface area contributed by atoms with Gasteiger partial charge < -0.3 is 15.1 Å². The van der Waals surface area contributed by atoms with Crippen molar-refractivity contribution in [3.8, 4) is 6.07 Å². The van der Waals surface area contributed by atoms with Crippen LogP contribution in [-0.4, -0.2) is 62.6 Å². The van der Waals surface area contributed by atoms with E-state index in [1.54, 1.807) is 29.1 Å². The molecule has 2 aliphatic heterocycles. The lowest BCUT2D eigenvalue weighted by atomic mass is 10.1. The van der Waals surface area contributed by atoms with Gasteiger partial charge in [0.1, 0.15) is 11.9 Å². The van der Waals surface area contributed by atoms with Gasteiger partial charge in [0, 0.05) is 49.2 Å². The van der Waals surface area contributed by atoms with E-state index in [9.17, 15) is 9.59 Å². The van der Waals surface area contributed by atoms with Crippen LogP contribution in [0.2, 0.25) is 0 Å². The molecule has 2 saturated heterocycles. The first-order valence-electron chi connectivity index (χ1n) is 12.6. The molecule has 0 spiro atoms. The maximum atomic E-state index is 12.2. The van der Waals surface area contributed by atoms with Gasteiger partial charge in [-0.3, -0.25) is 14.9 Å².